The average Bonchev–Trinajstić information content (AvgIpc) is 3.20. The summed E-state index contributed by atoms with van der Waals surface area (Å²) in [5, 5.41) is 7.60. The Morgan fingerprint density at radius 2 is 1.87 bits per heavy atom. The van der Waals surface area contributed by atoms with E-state index in [4.69, 9.17) is 15.2 Å². The molecule has 4 saturated carbocycles. The van der Waals surface area contributed by atoms with Gasteiger partial charge in [-0.3, -0.25) is 14.4 Å². The van der Waals surface area contributed by atoms with E-state index in [1.54, 1.807) is 26.1 Å². The number of allylic oxidation sites excluding steroid dienone is 1. The third-order valence-corrected chi connectivity index (χ3v) is 8.14. The fourth-order valence-corrected chi connectivity index (χ4v) is 6.56. The van der Waals surface area contributed by atoms with Crippen molar-refractivity contribution in [2.75, 3.05) is 6.61 Å². The first kappa shape index (κ1) is 27.9. The van der Waals surface area contributed by atoms with Gasteiger partial charge in [0, 0.05) is 17.7 Å². The van der Waals surface area contributed by atoms with Gasteiger partial charge < -0.3 is 20.5 Å². The van der Waals surface area contributed by atoms with Crippen LogP contribution in [0, 0.1) is 29.1 Å². The van der Waals surface area contributed by atoms with Crippen molar-refractivity contribution in [1.29, 1.82) is 0 Å². The fraction of sp³-hybridized carbons (Fsp3) is 0.679. The fourth-order valence-electron chi connectivity index (χ4n) is 6.56. The highest BCUT2D eigenvalue weighted by molar-refractivity contribution is 6.01. The third kappa shape index (κ3) is 5.94. The molecule has 208 valence electrons. The van der Waals surface area contributed by atoms with Crippen molar-refractivity contribution in [2.24, 2.45) is 34.8 Å². The lowest BCUT2D eigenvalue weighted by atomic mass is 9.52. The summed E-state index contributed by atoms with van der Waals surface area (Å²) in [5.74, 6) is 0.783. The lowest BCUT2D eigenvalue weighted by Crippen LogP contribution is -2.63. The maximum Gasteiger partial charge on any atom is 0.405 e. The van der Waals surface area contributed by atoms with Gasteiger partial charge in [-0.25, -0.2) is 9.48 Å². The van der Waals surface area contributed by atoms with E-state index in [2.05, 4.69) is 10.4 Å². The Balaban J connectivity index is 1.53. The normalized spacial score (nSPS) is 28.1. The summed E-state index contributed by atoms with van der Waals surface area (Å²) < 4.78 is 13.1. The van der Waals surface area contributed by atoms with Gasteiger partial charge in [-0.15, -0.1) is 0 Å². The summed E-state index contributed by atoms with van der Waals surface area (Å²) in [4.78, 5) is 49.0. The number of nitrogens with zero attached hydrogens (tertiary/aromatic N) is 2. The zero-order valence-corrected chi connectivity index (χ0v) is 23.0. The molecule has 4 aliphatic rings. The summed E-state index contributed by atoms with van der Waals surface area (Å²) in [6, 6.07) is -0.0244. The summed E-state index contributed by atoms with van der Waals surface area (Å²) in [6.07, 6.45) is 8.13. The van der Waals surface area contributed by atoms with Crippen molar-refractivity contribution in [3.63, 3.8) is 0 Å². The number of Topliss-reactive ketones (excluding diaryl/α,β-unsaturated/α-hetero) is 2. The van der Waals surface area contributed by atoms with E-state index in [-0.39, 0.29) is 47.7 Å². The van der Waals surface area contributed by atoms with E-state index in [0.717, 1.165) is 19.3 Å². The Bertz CT molecular complexity index is 1120. The van der Waals surface area contributed by atoms with Crippen LogP contribution in [0.25, 0.3) is 6.20 Å². The van der Waals surface area contributed by atoms with Gasteiger partial charge in [0.2, 0.25) is 5.88 Å². The minimum absolute atomic E-state index is 0.0244. The molecular formula is C28H40N4O6. The molecule has 1 aromatic heterocycles. The number of amides is 2. The largest absolute Gasteiger partial charge is 0.477 e. The Labute approximate surface area is 223 Å². The zero-order valence-electron chi connectivity index (χ0n) is 23.0. The topological polar surface area (TPSA) is 143 Å². The molecule has 4 bridgehead atoms. The number of aromatic nitrogens is 2. The van der Waals surface area contributed by atoms with Gasteiger partial charge in [-0.05, 0) is 76.5 Å². The number of hydrogen-bond donors (Lipinski definition) is 2. The van der Waals surface area contributed by atoms with Crippen LogP contribution in [0.1, 0.15) is 83.5 Å². The number of ether oxygens (including phenoxy) is 2. The average molecular weight is 529 g/mol. The van der Waals surface area contributed by atoms with Gasteiger partial charge in [0.25, 0.3) is 5.91 Å². The molecule has 38 heavy (non-hydrogen) atoms. The summed E-state index contributed by atoms with van der Waals surface area (Å²) in [6.45, 7) is 9.28. The molecule has 10 nitrogen and oxygen atoms in total. The van der Waals surface area contributed by atoms with Crippen molar-refractivity contribution >= 4 is 29.8 Å². The maximum atomic E-state index is 13.5. The number of ketones is 2. The predicted molar refractivity (Wildman–Crippen MR) is 140 cm³/mol. The Kier molecular flexibility index (Phi) is 7.72. The highest BCUT2D eigenvalue weighted by atomic mass is 16.6. The molecule has 4 aliphatic carbocycles. The molecule has 2 amide bonds. The van der Waals surface area contributed by atoms with Gasteiger partial charge in [0.1, 0.15) is 22.7 Å². The lowest BCUT2D eigenvalue weighted by Gasteiger charge is -2.58. The van der Waals surface area contributed by atoms with Crippen molar-refractivity contribution < 1.29 is 28.7 Å². The quantitative estimate of drug-likeness (QED) is 0.417. The van der Waals surface area contributed by atoms with E-state index in [0.29, 0.717) is 36.8 Å². The number of hydrogen-bond acceptors (Lipinski definition) is 7. The van der Waals surface area contributed by atoms with Gasteiger partial charge in [-0.2, -0.15) is 5.10 Å². The van der Waals surface area contributed by atoms with Crippen LogP contribution in [0.2, 0.25) is 0 Å². The number of carbonyl (C=O) groups is 4. The molecule has 5 rings (SSSR count). The molecule has 3 N–H and O–H groups in total. The number of nitrogens with one attached hydrogen (secondary N) is 1. The molecule has 0 aliphatic heterocycles. The highest BCUT2D eigenvalue weighted by Crippen LogP contribution is 2.57. The van der Waals surface area contributed by atoms with E-state index in [1.807, 2.05) is 13.8 Å². The van der Waals surface area contributed by atoms with Crippen molar-refractivity contribution in [1.82, 2.24) is 15.1 Å². The first-order valence-electron chi connectivity index (χ1n) is 13.5. The molecule has 0 spiro atoms. The zero-order chi connectivity index (χ0) is 27.8. The maximum absolute atomic E-state index is 13.5. The molecule has 0 saturated heterocycles. The third-order valence-electron chi connectivity index (χ3n) is 8.14. The smallest absolute Gasteiger partial charge is 0.405 e. The van der Waals surface area contributed by atoms with Crippen LogP contribution in [0.5, 0.6) is 5.88 Å². The SMILES string of the molecule is CC(=O)CC(=O)C(C)(C)/C=C/n1ncc(C(=O)NC2C3CC4CC2CC(OC(N)=O)(C4)C3)c1OCC(C)C. The monoisotopic (exact) mass is 528 g/mol. The minimum Gasteiger partial charge on any atom is -0.477 e. The Morgan fingerprint density at radius 1 is 1.21 bits per heavy atom. The summed E-state index contributed by atoms with van der Waals surface area (Å²) in [7, 11) is 0. The van der Waals surface area contributed by atoms with E-state index in [9.17, 15) is 19.2 Å². The summed E-state index contributed by atoms with van der Waals surface area (Å²) in [5.41, 5.74) is 4.30. The van der Waals surface area contributed by atoms with Crippen LogP contribution >= 0.6 is 0 Å². The predicted octanol–water partition coefficient (Wildman–Crippen LogP) is 3.74. The van der Waals surface area contributed by atoms with E-state index < -0.39 is 17.1 Å². The van der Waals surface area contributed by atoms with Gasteiger partial charge >= 0.3 is 6.09 Å². The molecule has 10 heteroatoms. The van der Waals surface area contributed by atoms with E-state index in [1.165, 1.54) is 17.8 Å². The number of primary amides is 1. The van der Waals surface area contributed by atoms with Crippen LogP contribution in [0.4, 0.5) is 4.79 Å². The Morgan fingerprint density at radius 3 is 2.45 bits per heavy atom. The van der Waals surface area contributed by atoms with Gasteiger partial charge in [0.05, 0.1) is 19.2 Å². The van der Waals surface area contributed by atoms with Crippen LogP contribution in [0.15, 0.2) is 12.3 Å². The van der Waals surface area contributed by atoms with Crippen molar-refractivity contribution in [3.8, 4) is 5.88 Å². The molecule has 0 aromatic carbocycles. The highest BCUT2D eigenvalue weighted by Gasteiger charge is 2.57. The van der Waals surface area contributed by atoms with Gasteiger partial charge in [0.15, 0.2) is 0 Å². The minimum atomic E-state index is -0.890. The second kappa shape index (κ2) is 10.5. The first-order chi connectivity index (χ1) is 17.8. The van der Waals surface area contributed by atoms with Crippen molar-refractivity contribution in [2.45, 2.75) is 84.8 Å². The molecule has 1 aromatic rings. The molecule has 2 atom stereocenters. The lowest BCUT2D eigenvalue weighted by molar-refractivity contribution is -0.137. The van der Waals surface area contributed by atoms with Crippen LogP contribution in [-0.4, -0.2) is 51.6 Å². The summed E-state index contributed by atoms with van der Waals surface area (Å²) >= 11 is 0. The second-order valence-electron chi connectivity index (χ2n) is 12.4. The first-order valence-corrected chi connectivity index (χ1v) is 13.5. The molecule has 4 fully saturated rings. The van der Waals surface area contributed by atoms with Crippen LogP contribution in [-0.2, 0) is 14.3 Å². The molecule has 2 unspecified atom stereocenters. The molecule has 0 radical (unpaired) electrons. The van der Waals surface area contributed by atoms with Gasteiger partial charge in [-0.1, -0.05) is 19.9 Å². The number of rotatable bonds is 11. The van der Waals surface area contributed by atoms with Crippen LogP contribution < -0.4 is 15.8 Å². The number of nitrogens with two attached hydrogens (primary N) is 1. The van der Waals surface area contributed by atoms with Crippen molar-refractivity contribution in [3.05, 3.63) is 17.8 Å². The molecular weight excluding hydrogens is 488 g/mol. The molecule has 1 heterocycles. The standard InChI is InChI=1S/C28H40N4O6/c1-16(2)15-37-25-21(14-30-32(25)7-6-27(4,5)22(34)8-17(3)33)24(35)31-23-19-9-18-10-20(23)13-28(11-18,12-19)38-26(29)36/h6-7,14,16,18-20,23H,8-13,15H2,1-5H3,(H2,29,36)(H,31,35)/b7-6+. The van der Waals surface area contributed by atoms with Crippen LogP contribution in [0.3, 0.4) is 0 Å². The second-order valence-corrected chi connectivity index (χ2v) is 12.4. The number of carbonyl (C=O) groups excluding carboxylic acids is 4. The Hall–Kier alpha value is -3.17. The van der Waals surface area contributed by atoms with E-state index >= 15 is 0 Å².